The first-order chi connectivity index (χ1) is 7.79. The topological polar surface area (TPSA) is 45.0 Å². The third-order valence-electron chi connectivity index (χ3n) is 2.64. The van der Waals surface area contributed by atoms with Gasteiger partial charge in [0.2, 0.25) is 0 Å². The first-order valence-electron chi connectivity index (χ1n) is 5.36. The van der Waals surface area contributed by atoms with Crippen molar-refractivity contribution < 1.29 is 4.74 Å². The highest BCUT2D eigenvalue weighted by atomic mass is 79.9. The van der Waals surface area contributed by atoms with E-state index in [0.29, 0.717) is 5.56 Å². The number of halogens is 1. The Labute approximate surface area is 104 Å². The van der Waals surface area contributed by atoms with Crippen molar-refractivity contribution in [3.05, 3.63) is 28.2 Å². The van der Waals surface area contributed by atoms with Crippen LogP contribution in [0.2, 0.25) is 0 Å². The van der Waals surface area contributed by atoms with Gasteiger partial charge in [-0.15, -0.1) is 0 Å². The SMILES string of the molecule is N#Cc1ccc(Br)c(OC2CCNCC2)c1. The minimum atomic E-state index is 0.256. The summed E-state index contributed by atoms with van der Waals surface area (Å²) in [7, 11) is 0. The number of nitriles is 1. The first-order valence-corrected chi connectivity index (χ1v) is 6.16. The molecule has 1 fully saturated rings. The Morgan fingerprint density at radius 2 is 2.12 bits per heavy atom. The summed E-state index contributed by atoms with van der Waals surface area (Å²) in [6.07, 6.45) is 2.29. The van der Waals surface area contributed by atoms with Crippen LogP contribution in [0.5, 0.6) is 5.75 Å². The van der Waals surface area contributed by atoms with Crippen LogP contribution in [0, 0.1) is 11.3 Å². The molecule has 1 heterocycles. The number of benzene rings is 1. The molecule has 1 aromatic rings. The monoisotopic (exact) mass is 280 g/mol. The van der Waals surface area contributed by atoms with Gasteiger partial charge in [-0.3, -0.25) is 0 Å². The molecule has 1 N–H and O–H groups in total. The van der Waals surface area contributed by atoms with E-state index >= 15 is 0 Å². The van der Waals surface area contributed by atoms with E-state index in [1.807, 2.05) is 6.07 Å². The van der Waals surface area contributed by atoms with Crippen molar-refractivity contribution in [1.82, 2.24) is 5.32 Å². The molecule has 4 heteroatoms. The maximum atomic E-state index is 8.83. The molecule has 1 aliphatic rings. The van der Waals surface area contributed by atoms with E-state index in [9.17, 15) is 0 Å². The molecule has 0 aliphatic carbocycles. The maximum Gasteiger partial charge on any atom is 0.135 e. The van der Waals surface area contributed by atoms with Crippen molar-refractivity contribution >= 4 is 15.9 Å². The van der Waals surface area contributed by atoms with E-state index < -0.39 is 0 Å². The highest BCUT2D eigenvalue weighted by Gasteiger charge is 2.15. The summed E-state index contributed by atoms with van der Waals surface area (Å²) in [5.74, 6) is 0.769. The third-order valence-corrected chi connectivity index (χ3v) is 3.30. The van der Waals surface area contributed by atoms with E-state index in [1.165, 1.54) is 0 Å². The van der Waals surface area contributed by atoms with Gasteiger partial charge in [0.25, 0.3) is 0 Å². The summed E-state index contributed by atoms with van der Waals surface area (Å²) in [5.41, 5.74) is 0.632. The zero-order chi connectivity index (χ0) is 11.4. The highest BCUT2D eigenvalue weighted by molar-refractivity contribution is 9.10. The molecular formula is C12H13BrN2O. The zero-order valence-corrected chi connectivity index (χ0v) is 10.5. The molecular weight excluding hydrogens is 268 g/mol. The molecule has 0 bridgehead atoms. The molecule has 3 nitrogen and oxygen atoms in total. The van der Waals surface area contributed by atoms with Crippen molar-refractivity contribution in [1.29, 1.82) is 5.26 Å². The second kappa shape index (κ2) is 5.33. The van der Waals surface area contributed by atoms with Gasteiger partial charge >= 0.3 is 0 Å². The lowest BCUT2D eigenvalue weighted by Gasteiger charge is -2.24. The average Bonchev–Trinajstić information content (AvgIpc) is 2.33. The highest BCUT2D eigenvalue weighted by Crippen LogP contribution is 2.28. The Kier molecular flexibility index (Phi) is 3.81. The van der Waals surface area contributed by atoms with Gasteiger partial charge in [0.1, 0.15) is 11.9 Å². The van der Waals surface area contributed by atoms with Gasteiger partial charge in [0.05, 0.1) is 16.1 Å². The van der Waals surface area contributed by atoms with Crippen LogP contribution >= 0.6 is 15.9 Å². The minimum absolute atomic E-state index is 0.256. The van der Waals surface area contributed by atoms with E-state index in [1.54, 1.807) is 12.1 Å². The van der Waals surface area contributed by atoms with E-state index in [0.717, 1.165) is 36.2 Å². The fraction of sp³-hybridized carbons (Fsp3) is 0.417. The van der Waals surface area contributed by atoms with Crippen molar-refractivity contribution in [2.45, 2.75) is 18.9 Å². The molecule has 0 spiro atoms. The Hall–Kier alpha value is -1.05. The van der Waals surface area contributed by atoms with Crippen LogP contribution < -0.4 is 10.1 Å². The largest absolute Gasteiger partial charge is 0.489 e. The van der Waals surface area contributed by atoms with Crippen molar-refractivity contribution in [3.63, 3.8) is 0 Å². The van der Waals surface area contributed by atoms with Crippen LogP contribution in [0.25, 0.3) is 0 Å². The van der Waals surface area contributed by atoms with Crippen LogP contribution in [0.3, 0.4) is 0 Å². The van der Waals surface area contributed by atoms with Crippen LogP contribution in [-0.4, -0.2) is 19.2 Å². The summed E-state index contributed by atoms with van der Waals surface area (Å²) in [6.45, 7) is 2.00. The molecule has 0 atom stereocenters. The quantitative estimate of drug-likeness (QED) is 0.905. The van der Waals surface area contributed by atoms with Gasteiger partial charge in [-0.25, -0.2) is 0 Å². The van der Waals surface area contributed by atoms with Crippen LogP contribution in [0.15, 0.2) is 22.7 Å². The number of piperidine rings is 1. The van der Waals surface area contributed by atoms with Gasteiger partial charge in [-0.2, -0.15) is 5.26 Å². The first kappa shape index (κ1) is 11.4. The number of nitrogens with one attached hydrogen (secondary N) is 1. The second-order valence-corrected chi connectivity index (χ2v) is 4.68. The molecule has 0 unspecified atom stereocenters. The molecule has 1 aliphatic heterocycles. The molecule has 0 aromatic heterocycles. The van der Waals surface area contributed by atoms with E-state index in [2.05, 4.69) is 27.3 Å². The van der Waals surface area contributed by atoms with Crippen molar-refractivity contribution in [2.75, 3.05) is 13.1 Å². The lowest BCUT2D eigenvalue weighted by Crippen LogP contribution is -2.34. The second-order valence-electron chi connectivity index (χ2n) is 3.82. The fourth-order valence-electron chi connectivity index (χ4n) is 1.76. The lowest BCUT2D eigenvalue weighted by atomic mass is 10.1. The van der Waals surface area contributed by atoms with E-state index in [4.69, 9.17) is 10.00 Å². The van der Waals surface area contributed by atoms with Gasteiger partial charge in [-0.1, -0.05) is 0 Å². The van der Waals surface area contributed by atoms with Crippen molar-refractivity contribution in [3.8, 4) is 11.8 Å². The summed E-state index contributed by atoms with van der Waals surface area (Å²) in [5, 5.41) is 12.1. The zero-order valence-electron chi connectivity index (χ0n) is 8.87. The van der Waals surface area contributed by atoms with Crippen LogP contribution in [0.1, 0.15) is 18.4 Å². The molecule has 0 radical (unpaired) electrons. The molecule has 1 saturated heterocycles. The van der Waals surface area contributed by atoms with Crippen LogP contribution in [-0.2, 0) is 0 Å². The summed E-state index contributed by atoms with van der Waals surface area (Å²) >= 11 is 3.44. The predicted octanol–water partition coefficient (Wildman–Crippen LogP) is 2.45. The number of rotatable bonds is 2. The minimum Gasteiger partial charge on any atom is -0.489 e. The number of hydrogen-bond acceptors (Lipinski definition) is 3. The Bertz CT molecular complexity index is 408. The van der Waals surface area contributed by atoms with Gasteiger partial charge in [0.15, 0.2) is 0 Å². The summed E-state index contributed by atoms with van der Waals surface area (Å²) < 4.78 is 6.80. The lowest BCUT2D eigenvalue weighted by molar-refractivity contribution is 0.161. The number of nitrogens with zero attached hydrogens (tertiary/aromatic N) is 1. The Balaban J connectivity index is 2.10. The summed E-state index contributed by atoms with van der Waals surface area (Å²) in [4.78, 5) is 0. The number of hydrogen-bond donors (Lipinski definition) is 1. The summed E-state index contributed by atoms with van der Waals surface area (Å²) in [6, 6.07) is 7.54. The average molecular weight is 281 g/mol. The van der Waals surface area contributed by atoms with Gasteiger partial charge < -0.3 is 10.1 Å². The third kappa shape index (κ3) is 2.75. The molecule has 0 saturated carbocycles. The molecule has 2 rings (SSSR count). The van der Waals surface area contributed by atoms with Gasteiger partial charge in [-0.05, 0) is 60.1 Å². The molecule has 1 aromatic carbocycles. The van der Waals surface area contributed by atoms with Crippen molar-refractivity contribution in [2.24, 2.45) is 0 Å². The molecule has 16 heavy (non-hydrogen) atoms. The van der Waals surface area contributed by atoms with E-state index in [-0.39, 0.29) is 6.10 Å². The number of ether oxygens (including phenoxy) is 1. The smallest absolute Gasteiger partial charge is 0.135 e. The Morgan fingerprint density at radius 3 is 2.81 bits per heavy atom. The fourth-order valence-corrected chi connectivity index (χ4v) is 2.10. The molecule has 0 amide bonds. The Morgan fingerprint density at radius 1 is 1.38 bits per heavy atom. The van der Waals surface area contributed by atoms with Gasteiger partial charge in [0, 0.05) is 0 Å². The van der Waals surface area contributed by atoms with Crippen LogP contribution in [0.4, 0.5) is 0 Å². The normalized spacial score (nSPS) is 16.8. The standard InChI is InChI=1S/C12H13BrN2O/c13-11-2-1-9(8-14)7-12(11)16-10-3-5-15-6-4-10/h1-2,7,10,15H,3-6H2. The predicted molar refractivity (Wildman–Crippen MR) is 65.4 cm³/mol. The maximum absolute atomic E-state index is 8.83. The molecule has 84 valence electrons.